The number of piperidine rings is 1. The van der Waals surface area contributed by atoms with Crippen molar-refractivity contribution in [1.82, 2.24) is 5.32 Å². The van der Waals surface area contributed by atoms with E-state index in [1.165, 1.54) is 0 Å². The monoisotopic (exact) mass is 193 g/mol. The maximum Gasteiger partial charge on any atom is 0.303 e. The smallest absolute Gasteiger partial charge is 0.303 e. The fourth-order valence-electron chi connectivity index (χ4n) is 1.54. The highest BCUT2D eigenvalue weighted by Gasteiger charge is 2.41. The number of alkyl halides is 2. The minimum Gasteiger partial charge on any atom is -0.481 e. The van der Waals surface area contributed by atoms with E-state index in [1.807, 2.05) is 0 Å². The Morgan fingerprint density at radius 1 is 1.62 bits per heavy atom. The van der Waals surface area contributed by atoms with Crippen molar-refractivity contribution in [3.05, 3.63) is 0 Å². The van der Waals surface area contributed by atoms with Gasteiger partial charge in [-0.1, -0.05) is 0 Å². The van der Waals surface area contributed by atoms with Crippen LogP contribution in [0.4, 0.5) is 8.78 Å². The second-order valence-electron chi connectivity index (χ2n) is 3.36. The molecule has 76 valence electrons. The molecule has 1 fully saturated rings. The van der Waals surface area contributed by atoms with E-state index < -0.39 is 17.8 Å². The number of hydrogen-bond acceptors (Lipinski definition) is 2. The van der Waals surface area contributed by atoms with Crippen molar-refractivity contribution in [2.45, 2.75) is 25.2 Å². The van der Waals surface area contributed by atoms with Gasteiger partial charge >= 0.3 is 5.97 Å². The van der Waals surface area contributed by atoms with Gasteiger partial charge in [0.25, 0.3) is 5.92 Å². The Balaban J connectivity index is 2.41. The summed E-state index contributed by atoms with van der Waals surface area (Å²) in [4.78, 5) is 10.2. The third-order valence-electron chi connectivity index (χ3n) is 2.33. The second kappa shape index (κ2) is 4.00. The molecule has 1 atom stereocenters. The second-order valence-corrected chi connectivity index (χ2v) is 3.36. The first kappa shape index (κ1) is 10.4. The SMILES string of the molecule is O=C(O)CCC1CCNCC1(F)F. The fourth-order valence-corrected chi connectivity index (χ4v) is 1.54. The molecule has 0 radical (unpaired) electrons. The third-order valence-corrected chi connectivity index (χ3v) is 2.33. The number of carboxylic acids is 1. The third kappa shape index (κ3) is 2.91. The van der Waals surface area contributed by atoms with Gasteiger partial charge in [-0.2, -0.15) is 0 Å². The van der Waals surface area contributed by atoms with Gasteiger partial charge in [0.15, 0.2) is 0 Å². The summed E-state index contributed by atoms with van der Waals surface area (Å²) >= 11 is 0. The summed E-state index contributed by atoms with van der Waals surface area (Å²) in [5.41, 5.74) is 0. The van der Waals surface area contributed by atoms with E-state index in [9.17, 15) is 13.6 Å². The molecule has 0 aromatic carbocycles. The average molecular weight is 193 g/mol. The molecule has 0 amide bonds. The van der Waals surface area contributed by atoms with Crippen LogP contribution in [-0.4, -0.2) is 30.1 Å². The Morgan fingerprint density at radius 3 is 2.85 bits per heavy atom. The summed E-state index contributed by atoms with van der Waals surface area (Å²) < 4.78 is 26.1. The van der Waals surface area contributed by atoms with Gasteiger partial charge in [-0.05, 0) is 19.4 Å². The molecule has 13 heavy (non-hydrogen) atoms. The Labute approximate surface area is 75.1 Å². The molecule has 2 N–H and O–H groups in total. The van der Waals surface area contributed by atoms with Gasteiger partial charge in [-0.3, -0.25) is 4.79 Å². The van der Waals surface area contributed by atoms with Crippen LogP contribution in [0.1, 0.15) is 19.3 Å². The molecule has 1 heterocycles. The summed E-state index contributed by atoms with van der Waals surface area (Å²) in [6, 6.07) is 0. The maximum absolute atomic E-state index is 13.1. The molecule has 1 rings (SSSR count). The Morgan fingerprint density at radius 2 is 2.31 bits per heavy atom. The number of nitrogens with one attached hydrogen (secondary N) is 1. The van der Waals surface area contributed by atoms with E-state index >= 15 is 0 Å². The van der Waals surface area contributed by atoms with Crippen molar-refractivity contribution in [2.75, 3.05) is 13.1 Å². The minimum atomic E-state index is -2.74. The first-order valence-corrected chi connectivity index (χ1v) is 4.33. The van der Waals surface area contributed by atoms with E-state index in [0.717, 1.165) is 0 Å². The van der Waals surface area contributed by atoms with Crippen molar-refractivity contribution >= 4 is 5.97 Å². The molecule has 1 unspecified atom stereocenters. The Bertz CT molecular complexity index is 197. The van der Waals surface area contributed by atoms with Crippen LogP contribution < -0.4 is 5.32 Å². The highest BCUT2D eigenvalue weighted by Crippen LogP contribution is 2.32. The molecule has 0 aromatic rings. The maximum atomic E-state index is 13.1. The largest absolute Gasteiger partial charge is 0.481 e. The van der Waals surface area contributed by atoms with Crippen molar-refractivity contribution in [3.8, 4) is 0 Å². The zero-order valence-corrected chi connectivity index (χ0v) is 7.22. The van der Waals surface area contributed by atoms with Gasteiger partial charge in [0.1, 0.15) is 0 Å². The van der Waals surface area contributed by atoms with Crippen molar-refractivity contribution in [3.63, 3.8) is 0 Å². The zero-order valence-electron chi connectivity index (χ0n) is 7.22. The van der Waals surface area contributed by atoms with Gasteiger partial charge in [0.05, 0.1) is 6.54 Å². The lowest BCUT2D eigenvalue weighted by molar-refractivity contribution is -0.138. The van der Waals surface area contributed by atoms with Crippen LogP contribution in [0.5, 0.6) is 0 Å². The number of carboxylic acid groups (broad SMARTS) is 1. The van der Waals surface area contributed by atoms with Crippen LogP contribution in [0.25, 0.3) is 0 Å². The van der Waals surface area contributed by atoms with Gasteiger partial charge < -0.3 is 10.4 Å². The zero-order chi connectivity index (χ0) is 9.90. The summed E-state index contributed by atoms with van der Waals surface area (Å²) in [7, 11) is 0. The highest BCUT2D eigenvalue weighted by atomic mass is 19.3. The molecule has 3 nitrogen and oxygen atoms in total. The standard InChI is InChI=1S/C8H13F2NO2/c9-8(10)5-11-4-3-6(8)1-2-7(12)13/h6,11H,1-5H2,(H,12,13). The van der Waals surface area contributed by atoms with Gasteiger partial charge in [0.2, 0.25) is 0 Å². The topological polar surface area (TPSA) is 49.3 Å². The van der Waals surface area contributed by atoms with Gasteiger partial charge in [0, 0.05) is 12.3 Å². The van der Waals surface area contributed by atoms with E-state index in [0.29, 0.717) is 13.0 Å². The molecule has 1 aliphatic heterocycles. The van der Waals surface area contributed by atoms with Crippen LogP contribution in [0.3, 0.4) is 0 Å². The van der Waals surface area contributed by atoms with E-state index in [1.54, 1.807) is 0 Å². The Kier molecular flexibility index (Phi) is 3.19. The van der Waals surface area contributed by atoms with Crippen molar-refractivity contribution < 1.29 is 18.7 Å². The van der Waals surface area contributed by atoms with Crippen molar-refractivity contribution in [2.24, 2.45) is 5.92 Å². The molecule has 5 heteroatoms. The molecule has 0 aliphatic carbocycles. The number of rotatable bonds is 3. The Hall–Kier alpha value is -0.710. The summed E-state index contributed by atoms with van der Waals surface area (Å²) in [5.74, 6) is -4.52. The van der Waals surface area contributed by atoms with E-state index in [4.69, 9.17) is 5.11 Å². The molecule has 0 spiro atoms. The lowest BCUT2D eigenvalue weighted by Crippen LogP contribution is -2.46. The van der Waals surface area contributed by atoms with Gasteiger partial charge in [-0.25, -0.2) is 8.78 Å². The van der Waals surface area contributed by atoms with Crippen LogP contribution >= 0.6 is 0 Å². The predicted octanol–water partition coefficient (Wildman–Crippen LogP) is 1.10. The molecule has 0 bridgehead atoms. The lowest BCUT2D eigenvalue weighted by atomic mass is 9.90. The number of aliphatic carboxylic acids is 1. The normalized spacial score (nSPS) is 27.1. The fraction of sp³-hybridized carbons (Fsp3) is 0.875. The number of hydrogen-bond donors (Lipinski definition) is 2. The van der Waals surface area contributed by atoms with Crippen molar-refractivity contribution in [1.29, 1.82) is 0 Å². The predicted molar refractivity (Wildman–Crippen MR) is 42.8 cm³/mol. The average Bonchev–Trinajstić information content (AvgIpc) is 2.01. The summed E-state index contributed by atoms with van der Waals surface area (Å²) in [6.07, 6.45) is 0.268. The molecule has 0 aromatic heterocycles. The molecule has 1 aliphatic rings. The highest BCUT2D eigenvalue weighted by molar-refractivity contribution is 5.66. The molecular formula is C8H13F2NO2. The van der Waals surface area contributed by atoms with Crippen LogP contribution in [0, 0.1) is 5.92 Å². The summed E-state index contributed by atoms with van der Waals surface area (Å²) in [5, 5.41) is 10.9. The number of halogens is 2. The summed E-state index contributed by atoms with van der Waals surface area (Å²) in [6.45, 7) is 0.233. The molecular weight excluding hydrogens is 180 g/mol. The van der Waals surface area contributed by atoms with Crippen LogP contribution in [0.2, 0.25) is 0 Å². The lowest BCUT2D eigenvalue weighted by Gasteiger charge is -2.31. The quantitative estimate of drug-likeness (QED) is 0.705. The van der Waals surface area contributed by atoms with E-state index in [-0.39, 0.29) is 19.4 Å². The van der Waals surface area contributed by atoms with E-state index in [2.05, 4.69) is 5.32 Å². The van der Waals surface area contributed by atoms with Crippen LogP contribution in [-0.2, 0) is 4.79 Å². The molecule has 0 saturated carbocycles. The molecule has 1 saturated heterocycles. The van der Waals surface area contributed by atoms with Gasteiger partial charge in [-0.15, -0.1) is 0 Å². The first-order valence-electron chi connectivity index (χ1n) is 4.33. The first-order chi connectivity index (χ1) is 6.02. The number of carbonyl (C=O) groups is 1. The minimum absolute atomic E-state index is 0.0734. The van der Waals surface area contributed by atoms with Crippen LogP contribution in [0.15, 0.2) is 0 Å².